The molecule has 1 aromatic heterocycles. The van der Waals surface area contributed by atoms with Crippen LogP contribution in [-0.4, -0.2) is 17.9 Å². The van der Waals surface area contributed by atoms with E-state index in [1.807, 2.05) is 20.8 Å². The zero-order valence-electron chi connectivity index (χ0n) is 10.8. The van der Waals surface area contributed by atoms with Crippen molar-refractivity contribution < 1.29 is 17.9 Å². The minimum absolute atomic E-state index is 0.225. The Morgan fingerprint density at radius 2 is 2.00 bits per heavy atom. The maximum atomic E-state index is 12.0. The van der Waals surface area contributed by atoms with Gasteiger partial charge in [0.15, 0.2) is 5.13 Å². The summed E-state index contributed by atoms with van der Waals surface area (Å²) in [4.78, 5) is 4.21. The molecule has 0 aliphatic heterocycles. The van der Waals surface area contributed by atoms with Gasteiger partial charge in [-0.15, -0.1) is 13.2 Å². The third kappa shape index (κ3) is 4.59. The number of benzene rings is 1. The Morgan fingerprint density at radius 1 is 1.32 bits per heavy atom. The van der Waals surface area contributed by atoms with E-state index in [1.165, 1.54) is 29.5 Å². The fourth-order valence-corrected chi connectivity index (χ4v) is 2.29. The number of alkyl halides is 3. The predicted octanol–water partition coefficient (Wildman–Crippen LogP) is 4.65. The van der Waals surface area contributed by atoms with Crippen LogP contribution in [0.3, 0.4) is 0 Å². The molecule has 1 N–H and O–H groups in total. The summed E-state index contributed by atoms with van der Waals surface area (Å²) in [5.74, 6) is -0.225. The van der Waals surface area contributed by atoms with Gasteiger partial charge in [-0.1, -0.05) is 25.2 Å². The summed E-state index contributed by atoms with van der Waals surface area (Å²) in [6, 6.07) is 4.10. The molecule has 1 heterocycles. The van der Waals surface area contributed by atoms with Gasteiger partial charge in [-0.05, 0) is 19.1 Å². The molecule has 0 aliphatic carbocycles. The lowest BCUT2D eigenvalue weighted by Gasteiger charge is -2.07. The van der Waals surface area contributed by atoms with E-state index in [4.69, 9.17) is 0 Å². The van der Waals surface area contributed by atoms with Gasteiger partial charge in [0.25, 0.3) is 0 Å². The minimum Gasteiger partial charge on any atom is -0.406 e. The lowest BCUT2D eigenvalue weighted by Crippen LogP contribution is -2.16. The van der Waals surface area contributed by atoms with Gasteiger partial charge in [0.05, 0.1) is 10.2 Å². The SMILES string of the molecule is CC.CCNc1nc2ccc(OC(F)(F)F)cc2s1. The van der Waals surface area contributed by atoms with Crippen molar-refractivity contribution in [3.8, 4) is 5.75 Å². The zero-order valence-corrected chi connectivity index (χ0v) is 11.7. The van der Waals surface area contributed by atoms with E-state index in [0.29, 0.717) is 21.9 Å². The molecular weight excluding hydrogens is 277 g/mol. The number of fused-ring (bicyclic) bond motifs is 1. The second kappa shape index (κ2) is 6.60. The van der Waals surface area contributed by atoms with Crippen LogP contribution in [0.25, 0.3) is 10.2 Å². The fourth-order valence-electron chi connectivity index (χ4n) is 1.33. The van der Waals surface area contributed by atoms with E-state index >= 15 is 0 Å². The number of hydrogen-bond donors (Lipinski definition) is 1. The van der Waals surface area contributed by atoms with Crippen LogP contribution in [0.1, 0.15) is 20.8 Å². The number of aromatic nitrogens is 1. The van der Waals surface area contributed by atoms with E-state index < -0.39 is 6.36 Å². The molecule has 0 radical (unpaired) electrons. The van der Waals surface area contributed by atoms with Crippen molar-refractivity contribution in [3.63, 3.8) is 0 Å². The molecule has 3 nitrogen and oxygen atoms in total. The molecule has 2 rings (SSSR count). The summed E-state index contributed by atoms with van der Waals surface area (Å²) in [6.07, 6.45) is -4.66. The van der Waals surface area contributed by atoms with Crippen LogP contribution in [0, 0.1) is 0 Å². The molecule has 19 heavy (non-hydrogen) atoms. The van der Waals surface area contributed by atoms with Crippen LogP contribution in [0.2, 0.25) is 0 Å². The molecule has 0 atom stereocenters. The maximum Gasteiger partial charge on any atom is 0.573 e. The third-order valence-electron chi connectivity index (χ3n) is 1.92. The van der Waals surface area contributed by atoms with Crippen LogP contribution in [0.15, 0.2) is 18.2 Å². The average Bonchev–Trinajstić information content (AvgIpc) is 2.71. The van der Waals surface area contributed by atoms with Gasteiger partial charge < -0.3 is 10.1 Å². The number of anilines is 1. The van der Waals surface area contributed by atoms with Crippen molar-refractivity contribution in [2.45, 2.75) is 27.1 Å². The fraction of sp³-hybridized carbons (Fsp3) is 0.417. The normalized spacial score (nSPS) is 10.8. The van der Waals surface area contributed by atoms with Crippen molar-refractivity contribution in [1.29, 1.82) is 0 Å². The number of thiazole rings is 1. The van der Waals surface area contributed by atoms with Crippen LogP contribution < -0.4 is 10.1 Å². The first-order chi connectivity index (χ1) is 8.98. The summed E-state index contributed by atoms with van der Waals surface area (Å²) in [5.41, 5.74) is 0.653. The molecule has 2 aromatic rings. The molecule has 0 amide bonds. The molecule has 106 valence electrons. The van der Waals surface area contributed by atoms with Gasteiger partial charge in [0, 0.05) is 12.6 Å². The summed E-state index contributed by atoms with van der Waals surface area (Å²) < 4.78 is 40.6. The number of ether oxygens (including phenoxy) is 1. The van der Waals surface area contributed by atoms with Gasteiger partial charge in [0.2, 0.25) is 0 Å². The number of hydrogen-bond acceptors (Lipinski definition) is 4. The number of nitrogens with zero attached hydrogens (tertiary/aromatic N) is 1. The van der Waals surface area contributed by atoms with Gasteiger partial charge in [-0.2, -0.15) is 0 Å². The van der Waals surface area contributed by atoms with Crippen molar-refractivity contribution in [2.24, 2.45) is 0 Å². The van der Waals surface area contributed by atoms with Crippen molar-refractivity contribution in [2.75, 3.05) is 11.9 Å². The Balaban J connectivity index is 0.000000861. The van der Waals surface area contributed by atoms with Crippen molar-refractivity contribution in [3.05, 3.63) is 18.2 Å². The quantitative estimate of drug-likeness (QED) is 0.894. The Morgan fingerprint density at radius 3 is 2.58 bits per heavy atom. The van der Waals surface area contributed by atoms with E-state index in [2.05, 4.69) is 15.0 Å². The zero-order chi connectivity index (χ0) is 14.5. The first-order valence-corrected chi connectivity index (χ1v) is 6.70. The van der Waals surface area contributed by atoms with Crippen LogP contribution in [0.5, 0.6) is 5.75 Å². The highest BCUT2D eigenvalue weighted by Crippen LogP contribution is 2.31. The standard InChI is InChI=1S/C10H9F3N2OS.C2H6/c1-2-14-9-15-7-4-3-6(5-8(7)17-9)16-10(11,12)13;1-2/h3-5H,2H2,1H3,(H,14,15);1-2H3. The Bertz CT molecular complexity index is 525. The lowest BCUT2D eigenvalue weighted by molar-refractivity contribution is -0.274. The van der Waals surface area contributed by atoms with Crippen LogP contribution in [-0.2, 0) is 0 Å². The summed E-state index contributed by atoms with van der Waals surface area (Å²) in [7, 11) is 0. The van der Waals surface area contributed by atoms with Gasteiger partial charge >= 0.3 is 6.36 Å². The average molecular weight is 292 g/mol. The highest BCUT2D eigenvalue weighted by Gasteiger charge is 2.31. The second-order valence-electron chi connectivity index (χ2n) is 3.23. The summed E-state index contributed by atoms with van der Waals surface area (Å²) >= 11 is 1.29. The molecular formula is C12H15F3N2OS. The molecule has 0 bridgehead atoms. The number of nitrogens with one attached hydrogen (secondary N) is 1. The topological polar surface area (TPSA) is 34.2 Å². The molecule has 7 heteroatoms. The first-order valence-electron chi connectivity index (χ1n) is 5.88. The van der Waals surface area contributed by atoms with E-state index in [1.54, 1.807) is 0 Å². The molecule has 0 unspecified atom stereocenters. The Hall–Kier alpha value is -1.50. The van der Waals surface area contributed by atoms with Crippen molar-refractivity contribution in [1.82, 2.24) is 4.98 Å². The Kier molecular flexibility index (Phi) is 5.41. The highest BCUT2D eigenvalue weighted by molar-refractivity contribution is 7.22. The van der Waals surface area contributed by atoms with E-state index in [9.17, 15) is 13.2 Å². The second-order valence-corrected chi connectivity index (χ2v) is 4.26. The summed E-state index contributed by atoms with van der Waals surface area (Å²) in [6.45, 7) is 6.63. The third-order valence-corrected chi connectivity index (χ3v) is 2.90. The van der Waals surface area contributed by atoms with Gasteiger partial charge in [-0.3, -0.25) is 0 Å². The van der Waals surface area contributed by atoms with E-state index in [0.717, 1.165) is 0 Å². The molecule has 0 spiro atoms. The predicted molar refractivity (Wildman–Crippen MR) is 71.8 cm³/mol. The highest BCUT2D eigenvalue weighted by atomic mass is 32.1. The molecule has 0 saturated carbocycles. The number of halogens is 3. The first kappa shape index (κ1) is 15.6. The molecule has 0 aliphatic rings. The van der Waals surface area contributed by atoms with Crippen molar-refractivity contribution >= 4 is 26.7 Å². The van der Waals surface area contributed by atoms with Gasteiger partial charge in [-0.25, -0.2) is 4.98 Å². The largest absolute Gasteiger partial charge is 0.573 e. The summed E-state index contributed by atoms with van der Waals surface area (Å²) in [5, 5.41) is 3.70. The number of rotatable bonds is 3. The van der Waals surface area contributed by atoms with Crippen LogP contribution in [0.4, 0.5) is 18.3 Å². The van der Waals surface area contributed by atoms with E-state index in [-0.39, 0.29) is 5.75 Å². The smallest absolute Gasteiger partial charge is 0.406 e. The lowest BCUT2D eigenvalue weighted by atomic mass is 10.3. The molecule has 0 fully saturated rings. The molecule has 1 aromatic carbocycles. The van der Waals surface area contributed by atoms with Gasteiger partial charge in [0.1, 0.15) is 5.75 Å². The van der Waals surface area contributed by atoms with Crippen LogP contribution >= 0.6 is 11.3 Å². The monoisotopic (exact) mass is 292 g/mol. The molecule has 0 saturated heterocycles. The minimum atomic E-state index is -4.66. The Labute approximate surface area is 113 Å². The maximum absolute atomic E-state index is 12.0.